The van der Waals surface area contributed by atoms with Crippen LogP contribution in [0, 0.1) is 3.70 Å². The number of ether oxygens (including phenoxy) is 1. The van der Waals surface area contributed by atoms with Gasteiger partial charge in [-0.05, 0) is 29.5 Å². The molecule has 1 aromatic rings. The highest BCUT2D eigenvalue weighted by Crippen LogP contribution is 2.01. The minimum atomic E-state index is -0.407. The lowest BCUT2D eigenvalue weighted by Gasteiger charge is -1.95. The van der Waals surface area contributed by atoms with Gasteiger partial charge in [-0.2, -0.15) is 0 Å². The molecule has 0 saturated heterocycles. The summed E-state index contributed by atoms with van der Waals surface area (Å²) in [7, 11) is 0. The highest BCUT2D eigenvalue weighted by molar-refractivity contribution is 14.1. The Morgan fingerprint density at radius 3 is 3.09 bits per heavy atom. The minimum absolute atomic E-state index is 0.260. The summed E-state index contributed by atoms with van der Waals surface area (Å²) in [5.74, 6) is -0.147. The number of aromatic amines is 1. The average Bonchev–Trinajstić information content (AvgIpc) is 2.36. The van der Waals surface area contributed by atoms with Crippen LogP contribution in [0.15, 0.2) is 6.20 Å². The Morgan fingerprint density at radius 2 is 2.64 bits per heavy atom. The number of nitrogens with one attached hydrogen (secondary N) is 1. The van der Waals surface area contributed by atoms with E-state index in [0.29, 0.717) is 6.61 Å². The fourth-order valence-electron chi connectivity index (χ4n) is 0.602. The van der Waals surface area contributed by atoms with E-state index in [1.807, 2.05) is 22.6 Å². The van der Waals surface area contributed by atoms with E-state index >= 15 is 0 Å². The zero-order valence-corrected chi connectivity index (χ0v) is 8.08. The van der Waals surface area contributed by atoms with Gasteiger partial charge in [0.05, 0.1) is 16.5 Å². The standard InChI is InChI=1S/C6H7IN2O2/c1-2-11-6(10)5-8-3-4(7)9-5/h3H,2H2,1H3,(H,8,9). The molecule has 0 unspecified atom stereocenters. The molecule has 0 aliphatic heterocycles. The quantitative estimate of drug-likeness (QED) is 0.646. The number of carbonyl (C=O) groups is 1. The Balaban J connectivity index is 2.69. The summed E-state index contributed by atoms with van der Waals surface area (Å²) in [5.41, 5.74) is 0. The van der Waals surface area contributed by atoms with Gasteiger partial charge in [-0.1, -0.05) is 0 Å². The molecule has 5 heteroatoms. The molecule has 11 heavy (non-hydrogen) atoms. The molecule has 0 atom stereocenters. The van der Waals surface area contributed by atoms with Crippen LogP contribution in [-0.4, -0.2) is 22.5 Å². The van der Waals surface area contributed by atoms with Crippen LogP contribution in [0.5, 0.6) is 0 Å². The van der Waals surface area contributed by atoms with Gasteiger partial charge in [-0.15, -0.1) is 0 Å². The summed E-state index contributed by atoms with van der Waals surface area (Å²) >= 11 is 2.04. The van der Waals surface area contributed by atoms with Gasteiger partial charge in [0.1, 0.15) is 0 Å². The summed E-state index contributed by atoms with van der Waals surface area (Å²) in [5, 5.41) is 0. The first kappa shape index (κ1) is 8.51. The number of esters is 1. The van der Waals surface area contributed by atoms with Gasteiger partial charge >= 0.3 is 5.97 Å². The van der Waals surface area contributed by atoms with Crippen molar-refractivity contribution in [2.24, 2.45) is 0 Å². The zero-order valence-electron chi connectivity index (χ0n) is 5.93. The number of imidazole rings is 1. The molecule has 60 valence electrons. The number of aromatic nitrogens is 2. The Morgan fingerprint density at radius 1 is 1.91 bits per heavy atom. The molecule has 0 amide bonds. The summed E-state index contributed by atoms with van der Waals surface area (Å²) in [6.07, 6.45) is 1.58. The van der Waals surface area contributed by atoms with E-state index in [1.165, 1.54) is 0 Å². The number of halogens is 1. The van der Waals surface area contributed by atoms with E-state index in [2.05, 4.69) is 9.97 Å². The van der Waals surface area contributed by atoms with Crippen molar-refractivity contribution in [1.29, 1.82) is 0 Å². The molecule has 0 bridgehead atoms. The Bertz CT molecular complexity index is 259. The lowest BCUT2D eigenvalue weighted by molar-refractivity contribution is 0.0513. The molecular formula is C6H7IN2O2. The van der Waals surface area contributed by atoms with Crippen LogP contribution in [0.25, 0.3) is 0 Å². The van der Waals surface area contributed by atoms with Gasteiger partial charge in [0.2, 0.25) is 5.82 Å². The van der Waals surface area contributed by atoms with E-state index in [4.69, 9.17) is 4.74 Å². The average molecular weight is 266 g/mol. The second kappa shape index (κ2) is 3.70. The summed E-state index contributed by atoms with van der Waals surface area (Å²) in [6, 6.07) is 0. The monoisotopic (exact) mass is 266 g/mol. The molecule has 1 heterocycles. The van der Waals surface area contributed by atoms with Crippen LogP contribution in [0.4, 0.5) is 0 Å². The van der Waals surface area contributed by atoms with Crippen LogP contribution in [-0.2, 0) is 4.74 Å². The lowest BCUT2D eigenvalue weighted by Crippen LogP contribution is -2.06. The van der Waals surface area contributed by atoms with Crippen molar-refractivity contribution >= 4 is 28.6 Å². The number of H-pyrrole nitrogens is 1. The maximum absolute atomic E-state index is 10.9. The van der Waals surface area contributed by atoms with Crippen molar-refractivity contribution in [3.05, 3.63) is 15.7 Å². The maximum Gasteiger partial charge on any atom is 0.374 e. The van der Waals surface area contributed by atoms with Crippen LogP contribution < -0.4 is 0 Å². The van der Waals surface area contributed by atoms with Gasteiger partial charge in [0, 0.05) is 0 Å². The lowest BCUT2D eigenvalue weighted by atomic mass is 10.6. The normalized spacial score (nSPS) is 9.64. The molecule has 0 spiro atoms. The van der Waals surface area contributed by atoms with Crippen molar-refractivity contribution in [3.63, 3.8) is 0 Å². The minimum Gasteiger partial charge on any atom is -0.460 e. The number of nitrogens with zero attached hydrogens (tertiary/aromatic N) is 1. The van der Waals surface area contributed by atoms with Crippen LogP contribution in [0.3, 0.4) is 0 Å². The topological polar surface area (TPSA) is 55.0 Å². The first-order valence-electron chi connectivity index (χ1n) is 3.11. The van der Waals surface area contributed by atoms with Gasteiger partial charge in [-0.25, -0.2) is 9.78 Å². The highest BCUT2D eigenvalue weighted by atomic mass is 127. The van der Waals surface area contributed by atoms with Crippen molar-refractivity contribution in [3.8, 4) is 0 Å². The molecule has 1 rings (SSSR count). The molecule has 0 aromatic carbocycles. The predicted octanol–water partition coefficient (Wildman–Crippen LogP) is 1.19. The molecule has 0 radical (unpaired) electrons. The molecule has 0 aliphatic rings. The fourth-order valence-corrected chi connectivity index (χ4v) is 0.997. The molecular weight excluding hydrogens is 259 g/mol. The van der Waals surface area contributed by atoms with Crippen LogP contribution >= 0.6 is 22.6 Å². The van der Waals surface area contributed by atoms with E-state index in [-0.39, 0.29) is 5.82 Å². The van der Waals surface area contributed by atoms with Gasteiger partial charge in [-0.3, -0.25) is 0 Å². The van der Waals surface area contributed by atoms with Gasteiger partial charge in [0.25, 0.3) is 0 Å². The van der Waals surface area contributed by atoms with Crippen LogP contribution in [0.2, 0.25) is 0 Å². The van der Waals surface area contributed by atoms with E-state index < -0.39 is 5.97 Å². The number of rotatable bonds is 2. The molecule has 1 N–H and O–H groups in total. The Hall–Kier alpha value is -0.590. The van der Waals surface area contributed by atoms with Crippen LogP contribution in [0.1, 0.15) is 17.5 Å². The predicted molar refractivity (Wildman–Crippen MR) is 47.3 cm³/mol. The maximum atomic E-state index is 10.9. The zero-order chi connectivity index (χ0) is 8.27. The first-order valence-corrected chi connectivity index (χ1v) is 4.19. The smallest absolute Gasteiger partial charge is 0.374 e. The molecule has 1 aromatic heterocycles. The highest BCUT2D eigenvalue weighted by Gasteiger charge is 2.08. The van der Waals surface area contributed by atoms with Crippen molar-refractivity contribution in [2.75, 3.05) is 6.61 Å². The third-order valence-corrected chi connectivity index (χ3v) is 1.56. The molecule has 0 aliphatic carbocycles. The van der Waals surface area contributed by atoms with E-state index in [0.717, 1.165) is 3.70 Å². The number of carbonyl (C=O) groups excluding carboxylic acids is 1. The van der Waals surface area contributed by atoms with Gasteiger partial charge in [0.15, 0.2) is 0 Å². The van der Waals surface area contributed by atoms with E-state index in [1.54, 1.807) is 13.1 Å². The van der Waals surface area contributed by atoms with Crippen molar-refractivity contribution in [1.82, 2.24) is 9.97 Å². The summed E-state index contributed by atoms with van der Waals surface area (Å²) in [6.45, 7) is 2.13. The second-order valence-electron chi connectivity index (χ2n) is 1.80. The largest absolute Gasteiger partial charge is 0.460 e. The first-order chi connectivity index (χ1) is 5.24. The second-order valence-corrected chi connectivity index (χ2v) is 2.96. The third kappa shape index (κ3) is 2.18. The summed E-state index contributed by atoms with van der Waals surface area (Å²) in [4.78, 5) is 17.5. The number of hydrogen-bond acceptors (Lipinski definition) is 3. The molecule has 0 saturated carbocycles. The summed E-state index contributed by atoms with van der Waals surface area (Å²) < 4.78 is 5.53. The number of hydrogen-bond donors (Lipinski definition) is 1. The molecule has 4 nitrogen and oxygen atoms in total. The van der Waals surface area contributed by atoms with Crippen molar-refractivity contribution in [2.45, 2.75) is 6.92 Å². The SMILES string of the molecule is CCOC(=O)c1ncc(I)[nH]1. The van der Waals surface area contributed by atoms with E-state index in [9.17, 15) is 4.79 Å². The third-order valence-electron chi connectivity index (χ3n) is 1.01. The van der Waals surface area contributed by atoms with Crippen molar-refractivity contribution < 1.29 is 9.53 Å². The Labute approximate surface area is 77.5 Å². The molecule has 0 fully saturated rings. The fraction of sp³-hybridized carbons (Fsp3) is 0.333. The Kier molecular flexibility index (Phi) is 2.86. The van der Waals surface area contributed by atoms with Gasteiger partial charge < -0.3 is 9.72 Å².